The van der Waals surface area contributed by atoms with Crippen LogP contribution >= 0.6 is 0 Å². The molecule has 0 N–H and O–H groups in total. The SMILES string of the molecule is C[C@@](C=O)(/C=C/CCCCCCCCCCc1ccccc1)c1ccccc1. The smallest absolute Gasteiger partial charge is 0.134 e. The van der Waals surface area contributed by atoms with Crippen molar-refractivity contribution in [2.45, 2.75) is 76.5 Å². The van der Waals surface area contributed by atoms with Crippen LogP contribution in [-0.2, 0) is 16.6 Å². The molecular formula is C27H36O. The van der Waals surface area contributed by atoms with Crippen molar-refractivity contribution in [3.8, 4) is 0 Å². The molecule has 0 radical (unpaired) electrons. The predicted octanol–water partition coefficient (Wildman–Crippen LogP) is 7.45. The third kappa shape index (κ3) is 8.25. The van der Waals surface area contributed by atoms with Crippen molar-refractivity contribution in [1.82, 2.24) is 0 Å². The molecule has 0 saturated heterocycles. The van der Waals surface area contributed by atoms with Gasteiger partial charge >= 0.3 is 0 Å². The molecule has 0 aliphatic carbocycles. The quantitative estimate of drug-likeness (QED) is 0.190. The summed E-state index contributed by atoms with van der Waals surface area (Å²) in [6.45, 7) is 1.99. The Morgan fingerprint density at radius 3 is 1.86 bits per heavy atom. The number of unbranched alkanes of at least 4 members (excludes halogenated alkanes) is 8. The van der Waals surface area contributed by atoms with Crippen molar-refractivity contribution in [3.63, 3.8) is 0 Å². The first-order chi connectivity index (χ1) is 13.7. The summed E-state index contributed by atoms with van der Waals surface area (Å²) in [6.07, 6.45) is 18.2. The van der Waals surface area contributed by atoms with Crippen molar-refractivity contribution in [2.75, 3.05) is 0 Å². The van der Waals surface area contributed by atoms with Crippen LogP contribution in [0.3, 0.4) is 0 Å². The number of hydrogen-bond donors (Lipinski definition) is 0. The van der Waals surface area contributed by atoms with E-state index in [0.29, 0.717) is 0 Å². The largest absolute Gasteiger partial charge is 0.302 e. The van der Waals surface area contributed by atoms with E-state index < -0.39 is 5.41 Å². The molecule has 1 nitrogen and oxygen atoms in total. The van der Waals surface area contributed by atoms with E-state index in [2.05, 4.69) is 42.5 Å². The monoisotopic (exact) mass is 376 g/mol. The highest BCUT2D eigenvalue weighted by atomic mass is 16.1. The maximum absolute atomic E-state index is 11.6. The molecule has 2 aromatic rings. The van der Waals surface area contributed by atoms with Gasteiger partial charge in [0.1, 0.15) is 6.29 Å². The normalized spacial score (nSPS) is 13.5. The Kier molecular flexibility index (Phi) is 10.4. The average Bonchev–Trinajstić information content (AvgIpc) is 2.75. The Morgan fingerprint density at radius 1 is 0.714 bits per heavy atom. The molecule has 0 unspecified atom stereocenters. The van der Waals surface area contributed by atoms with Crippen molar-refractivity contribution < 1.29 is 4.79 Å². The molecule has 0 bridgehead atoms. The first kappa shape index (κ1) is 22.1. The van der Waals surface area contributed by atoms with E-state index in [9.17, 15) is 4.79 Å². The summed E-state index contributed by atoms with van der Waals surface area (Å²) in [5.41, 5.74) is 2.03. The Morgan fingerprint density at radius 2 is 1.25 bits per heavy atom. The van der Waals surface area contributed by atoms with Gasteiger partial charge in [0.15, 0.2) is 0 Å². The van der Waals surface area contributed by atoms with Crippen LogP contribution in [0.4, 0.5) is 0 Å². The number of carbonyl (C=O) groups excluding carboxylic acids is 1. The number of allylic oxidation sites excluding steroid dienone is 2. The minimum absolute atomic E-state index is 0.499. The molecule has 1 atom stereocenters. The molecule has 0 heterocycles. The number of carbonyl (C=O) groups is 1. The van der Waals surface area contributed by atoms with E-state index in [4.69, 9.17) is 0 Å². The van der Waals surface area contributed by atoms with Crippen molar-refractivity contribution in [2.24, 2.45) is 0 Å². The lowest BCUT2D eigenvalue weighted by molar-refractivity contribution is -0.110. The molecule has 0 fully saturated rings. The highest BCUT2D eigenvalue weighted by Crippen LogP contribution is 2.23. The lowest BCUT2D eigenvalue weighted by Crippen LogP contribution is -2.20. The van der Waals surface area contributed by atoms with Gasteiger partial charge in [0.2, 0.25) is 0 Å². The maximum Gasteiger partial charge on any atom is 0.134 e. The first-order valence-electron chi connectivity index (χ1n) is 11.0. The Labute approximate surface area is 171 Å². The molecule has 150 valence electrons. The maximum atomic E-state index is 11.6. The van der Waals surface area contributed by atoms with E-state index in [1.165, 1.54) is 63.4 Å². The van der Waals surface area contributed by atoms with E-state index in [1.807, 2.05) is 37.3 Å². The number of aryl methyl sites for hydroxylation is 1. The van der Waals surface area contributed by atoms with Gasteiger partial charge < -0.3 is 4.79 Å². The molecule has 0 saturated carbocycles. The molecule has 1 heteroatoms. The Bertz CT molecular complexity index is 674. The second kappa shape index (κ2) is 13.1. The summed E-state index contributed by atoms with van der Waals surface area (Å²) in [5.74, 6) is 0. The minimum Gasteiger partial charge on any atom is -0.302 e. The molecule has 0 spiro atoms. The zero-order chi connectivity index (χ0) is 19.9. The van der Waals surface area contributed by atoms with Gasteiger partial charge in [-0.05, 0) is 43.7 Å². The molecule has 2 rings (SSSR count). The third-order valence-electron chi connectivity index (χ3n) is 5.53. The van der Waals surface area contributed by atoms with Crippen molar-refractivity contribution in [3.05, 3.63) is 83.9 Å². The summed E-state index contributed by atoms with van der Waals surface area (Å²) in [6, 6.07) is 20.8. The Balaban J connectivity index is 1.48. The van der Waals surface area contributed by atoms with E-state index in [1.54, 1.807) is 0 Å². The fraction of sp³-hybridized carbons (Fsp3) is 0.444. The van der Waals surface area contributed by atoms with Crippen LogP contribution in [0, 0.1) is 0 Å². The summed E-state index contributed by atoms with van der Waals surface area (Å²) < 4.78 is 0. The number of aldehydes is 1. The van der Waals surface area contributed by atoms with Gasteiger partial charge in [0.25, 0.3) is 0 Å². The molecule has 28 heavy (non-hydrogen) atoms. The van der Waals surface area contributed by atoms with Gasteiger partial charge in [-0.25, -0.2) is 0 Å². The van der Waals surface area contributed by atoms with Gasteiger partial charge in [0, 0.05) is 0 Å². The van der Waals surface area contributed by atoms with Crippen LogP contribution in [-0.4, -0.2) is 6.29 Å². The van der Waals surface area contributed by atoms with Gasteiger partial charge in [-0.2, -0.15) is 0 Å². The topological polar surface area (TPSA) is 17.1 Å². The first-order valence-corrected chi connectivity index (χ1v) is 11.0. The van der Waals surface area contributed by atoms with Gasteiger partial charge in [-0.3, -0.25) is 0 Å². The molecular weight excluding hydrogens is 340 g/mol. The van der Waals surface area contributed by atoms with Crippen LogP contribution in [0.15, 0.2) is 72.8 Å². The second-order valence-electron chi connectivity index (χ2n) is 8.02. The standard InChI is InChI=1S/C27H36O/c1-27(24-28,26-21-15-11-16-22-26)23-17-9-7-5-3-2-4-6-8-12-18-25-19-13-10-14-20-25/h10-11,13-17,19-24H,2-9,12,18H2,1H3/b23-17+/t27-/m0/s1. The van der Waals surface area contributed by atoms with Crippen molar-refractivity contribution >= 4 is 6.29 Å². The van der Waals surface area contributed by atoms with Gasteiger partial charge in [-0.1, -0.05) is 111 Å². The summed E-state index contributed by atoms with van der Waals surface area (Å²) in [4.78, 5) is 11.6. The molecule has 0 amide bonds. The average molecular weight is 377 g/mol. The third-order valence-corrected chi connectivity index (χ3v) is 5.53. The molecule has 0 aromatic heterocycles. The number of benzene rings is 2. The fourth-order valence-corrected chi connectivity index (χ4v) is 3.63. The summed E-state index contributed by atoms with van der Waals surface area (Å²) in [7, 11) is 0. The number of rotatable bonds is 14. The lowest BCUT2D eigenvalue weighted by Gasteiger charge is -2.19. The van der Waals surface area contributed by atoms with Gasteiger partial charge in [0.05, 0.1) is 5.41 Å². The zero-order valence-corrected chi connectivity index (χ0v) is 17.5. The second-order valence-corrected chi connectivity index (χ2v) is 8.02. The molecule has 0 aliphatic rings. The van der Waals surface area contributed by atoms with E-state index in [0.717, 1.165) is 18.3 Å². The van der Waals surface area contributed by atoms with Gasteiger partial charge in [-0.15, -0.1) is 0 Å². The zero-order valence-electron chi connectivity index (χ0n) is 17.5. The lowest BCUT2D eigenvalue weighted by atomic mass is 9.83. The predicted molar refractivity (Wildman–Crippen MR) is 121 cm³/mol. The summed E-state index contributed by atoms with van der Waals surface area (Å²) in [5, 5.41) is 0. The van der Waals surface area contributed by atoms with E-state index >= 15 is 0 Å². The highest BCUT2D eigenvalue weighted by molar-refractivity contribution is 5.71. The molecule has 2 aromatic carbocycles. The van der Waals surface area contributed by atoms with E-state index in [-0.39, 0.29) is 0 Å². The van der Waals surface area contributed by atoms with Crippen LogP contribution in [0.5, 0.6) is 0 Å². The van der Waals surface area contributed by atoms with Crippen LogP contribution in [0.1, 0.15) is 75.8 Å². The highest BCUT2D eigenvalue weighted by Gasteiger charge is 2.21. The van der Waals surface area contributed by atoms with Crippen LogP contribution < -0.4 is 0 Å². The Hall–Kier alpha value is -2.15. The molecule has 0 aliphatic heterocycles. The number of hydrogen-bond acceptors (Lipinski definition) is 1. The van der Waals surface area contributed by atoms with Crippen LogP contribution in [0.2, 0.25) is 0 Å². The van der Waals surface area contributed by atoms with Crippen molar-refractivity contribution in [1.29, 1.82) is 0 Å². The van der Waals surface area contributed by atoms with Crippen LogP contribution in [0.25, 0.3) is 0 Å². The fourth-order valence-electron chi connectivity index (χ4n) is 3.63. The summed E-state index contributed by atoms with van der Waals surface area (Å²) >= 11 is 0. The minimum atomic E-state index is -0.499.